The van der Waals surface area contributed by atoms with E-state index in [4.69, 9.17) is 16.3 Å². The van der Waals surface area contributed by atoms with Gasteiger partial charge in [-0.25, -0.2) is 4.79 Å². The highest BCUT2D eigenvalue weighted by Crippen LogP contribution is 2.10. The van der Waals surface area contributed by atoms with Crippen LogP contribution in [0.3, 0.4) is 0 Å². The van der Waals surface area contributed by atoms with Crippen molar-refractivity contribution >= 4 is 17.7 Å². The second-order valence-electron chi connectivity index (χ2n) is 5.09. The molecule has 5 heteroatoms. The lowest BCUT2D eigenvalue weighted by Crippen LogP contribution is -2.89. The first-order valence-electron chi connectivity index (χ1n) is 7.18. The molecule has 0 spiro atoms. The van der Waals surface area contributed by atoms with Gasteiger partial charge in [-0.15, -0.1) is 0 Å². The molecule has 1 aromatic rings. The first-order chi connectivity index (χ1) is 9.69. The fourth-order valence-electron chi connectivity index (χ4n) is 2.46. The third-order valence-electron chi connectivity index (χ3n) is 3.67. The summed E-state index contributed by atoms with van der Waals surface area (Å²) in [6, 6.07) is 8.55. The quantitative estimate of drug-likeness (QED) is 0.924. The van der Waals surface area contributed by atoms with Crippen LogP contribution in [0.2, 0.25) is 5.02 Å². The molecule has 1 fully saturated rings. The Bertz CT molecular complexity index is 428. The van der Waals surface area contributed by atoms with Gasteiger partial charge in [-0.3, -0.25) is 0 Å². The van der Waals surface area contributed by atoms with Crippen molar-refractivity contribution in [3.8, 4) is 0 Å². The summed E-state index contributed by atoms with van der Waals surface area (Å²) in [5.74, 6) is 0. The van der Waals surface area contributed by atoms with Gasteiger partial charge in [-0.1, -0.05) is 23.7 Å². The molecular formula is C15H22ClN2O2+. The van der Waals surface area contributed by atoms with Crippen molar-refractivity contribution in [3.63, 3.8) is 0 Å². The molecule has 1 aromatic carbocycles. The van der Waals surface area contributed by atoms with Crippen molar-refractivity contribution in [2.24, 2.45) is 0 Å². The van der Waals surface area contributed by atoms with Crippen LogP contribution in [-0.2, 0) is 11.3 Å². The van der Waals surface area contributed by atoms with E-state index in [0.29, 0.717) is 12.6 Å². The SMILES string of the molecule is CCOC(=O)N1CCC([NH2+]Cc2ccc(Cl)cc2)CC1. The number of nitrogens with zero attached hydrogens (tertiary/aromatic N) is 1. The largest absolute Gasteiger partial charge is 0.450 e. The van der Waals surface area contributed by atoms with Crippen LogP contribution in [0.5, 0.6) is 0 Å². The van der Waals surface area contributed by atoms with E-state index < -0.39 is 0 Å². The molecule has 0 radical (unpaired) electrons. The van der Waals surface area contributed by atoms with E-state index in [1.54, 1.807) is 4.90 Å². The van der Waals surface area contributed by atoms with E-state index in [2.05, 4.69) is 17.4 Å². The fourth-order valence-corrected chi connectivity index (χ4v) is 2.58. The van der Waals surface area contributed by atoms with Gasteiger partial charge < -0.3 is 15.0 Å². The first kappa shape index (κ1) is 15.1. The van der Waals surface area contributed by atoms with Gasteiger partial charge in [0, 0.05) is 36.5 Å². The Kier molecular flexibility index (Phi) is 5.68. The molecule has 110 valence electrons. The summed E-state index contributed by atoms with van der Waals surface area (Å²) >= 11 is 5.87. The molecule has 1 aliphatic heterocycles. The maximum absolute atomic E-state index is 11.6. The summed E-state index contributed by atoms with van der Waals surface area (Å²) in [6.45, 7) is 4.83. The van der Waals surface area contributed by atoms with Crippen LogP contribution in [0.15, 0.2) is 24.3 Å². The molecule has 1 amide bonds. The Hall–Kier alpha value is -1.26. The Balaban J connectivity index is 1.72. The van der Waals surface area contributed by atoms with Crippen LogP contribution >= 0.6 is 11.6 Å². The van der Waals surface area contributed by atoms with Gasteiger partial charge in [0.2, 0.25) is 0 Å². The number of amides is 1. The van der Waals surface area contributed by atoms with Crippen LogP contribution in [0.25, 0.3) is 0 Å². The van der Waals surface area contributed by atoms with Crippen LogP contribution < -0.4 is 5.32 Å². The molecule has 4 nitrogen and oxygen atoms in total. The van der Waals surface area contributed by atoms with E-state index in [9.17, 15) is 4.79 Å². The van der Waals surface area contributed by atoms with E-state index in [1.165, 1.54) is 5.56 Å². The Morgan fingerprint density at radius 3 is 2.60 bits per heavy atom. The van der Waals surface area contributed by atoms with Gasteiger partial charge >= 0.3 is 6.09 Å². The van der Waals surface area contributed by atoms with Crippen LogP contribution in [-0.4, -0.2) is 36.7 Å². The average molecular weight is 298 g/mol. The van der Waals surface area contributed by atoms with E-state index in [1.807, 2.05) is 19.1 Å². The Morgan fingerprint density at radius 1 is 1.35 bits per heavy atom. The number of hydrogen-bond acceptors (Lipinski definition) is 2. The molecule has 2 N–H and O–H groups in total. The number of halogens is 1. The summed E-state index contributed by atoms with van der Waals surface area (Å²) in [6.07, 6.45) is 1.86. The molecule has 0 aliphatic carbocycles. The highest BCUT2D eigenvalue weighted by molar-refractivity contribution is 6.30. The van der Waals surface area contributed by atoms with Gasteiger partial charge in [0.1, 0.15) is 6.54 Å². The molecule has 0 saturated carbocycles. The summed E-state index contributed by atoms with van der Waals surface area (Å²) in [4.78, 5) is 13.4. The second-order valence-corrected chi connectivity index (χ2v) is 5.53. The zero-order chi connectivity index (χ0) is 14.4. The standard InChI is InChI=1S/C15H21ClN2O2/c1-2-20-15(19)18-9-7-14(8-10-18)17-11-12-3-5-13(16)6-4-12/h3-6,14,17H,2,7-11H2,1H3/p+1. The summed E-state index contributed by atoms with van der Waals surface area (Å²) in [5, 5.41) is 3.13. The van der Waals surface area contributed by atoms with Gasteiger partial charge in [-0.05, 0) is 19.1 Å². The molecular weight excluding hydrogens is 276 g/mol. The molecule has 0 atom stereocenters. The second kappa shape index (κ2) is 7.50. The van der Waals surface area contributed by atoms with Crippen molar-refractivity contribution in [3.05, 3.63) is 34.9 Å². The Labute approximate surface area is 125 Å². The smallest absolute Gasteiger partial charge is 0.409 e. The Morgan fingerprint density at radius 2 is 2.00 bits per heavy atom. The normalized spacial score (nSPS) is 16.2. The number of carbonyl (C=O) groups excluding carboxylic acids is 1. The maximum atomic E-state index is 11.6. The van der Waals surface area contributed by atoms with Crippen molar-refractivity contribution in [2.45, 2.75) is 32.4 Å². The number of likely N-dealkylation sites (tertiary alicyclic amines) is 1. The number of quaternary nitrogens is 1. The molecule has 0 aromatic heterocycles. The number of piperidine rings is 1. The minimum absolute atomic E-state index is 0.177. The highest BCUT2D eigenvalue weighted by atomic mass is 35.5. The van der Waals surface area contributed by atoms with Crippen LogP contribution in [0.4, 0.5) is 4.79 Å². The molecule has 0 bridgehead atoms. The van der Waals surface area contributed by atoms with Crippen molar-refractivity contribution in [1.82, 2.24) is 4.90 Å². The zero-order valence-corrected chi connectivity index (χ0v) is 12.6. The average Bonchev–Trinajstić information content (AvgIpc) is 2.47. The molecule has 1 heterocycles. The molecule has 1 saturated heterocycles. The van der Waals surface area contributed by atoms with Crippen LogP contribution in [0, 0.1) is 0 Å². The molecule has 1 aliphatic rings. The predicted octanol–water partition coefficient (Wildman–Crippen LogP) is 2.02. The van der Waals surface area contributed by atoms with Crippen LogP contribution in [0.1, 0.15) is 25.3 Å². The topological polar surface area (TPSA) is 46.1 Å². The van der Waals surface area contributed by atoms with Crippen molar-refractivity contribution < 1.29 is 14.8 Å². The molecule has 0 unspecified atom stereocenters. The summed E-state index contributed by atoms with van der Waals surface area (Å²) < 4.78 is 5.02. The number of rotatable bonds is 4. The number of hydrogen-bond donors (Lipinski definition) is 1. The fraction of sp³-hybridized carbons (Fsp3) is 0.533. The zero-order valence-electron chi connectivity index (χ0n) is 11.8. The van der Waals surface area contributed by atoms with Gasteiger partial charge in [0.25, 0.3) is 0 Å². The number of benzene rings is 1. The monoisotopic (exact) mass is 297 g/mol. The van der Waals surface area contributed by atoms with E-state index >= 15 is 0 Å². The van der Waals surface area contributed by atoms with Gasteiger partial charge in [0.05, 0.1) is 12.6 Å². The van der Waals surface area contributed by atoms with Gasteiger partial charge in [0.15, 0.2) is 0 Å². The third kappa shape index (κ3) is 4.39. The minimum Gasteiger partial charge on any atom is -0.450 e. The summed E-state index contributed by atoms with van der Waals surface area (Å²) in [7, 11) is 0. The van der Waals surface area contributed by atoms with E-state index in [-0.39, 0.29) is 6.09 Å². The highest BCUT2D eigenvalue weighted by Gasteiger charge is 2.25. The van der Waals surface area contributed by atoms with Gasteiger partial charge in [-0.2, -0.15) is 0 Å². The number of carbonyl (C=O) groups is 1. The van der Waals surface area contributed by atoms with E-state index in [0.717, 1.165) is 37.5 Å². The minimum atomic E-state index is -0.177. The van der Waals surface area contributed by atoms with Crippen molar-refractivity contribution in [2.75, 3.05) is 19.7 Å². The predicted molar refractivity (Wildman–Crippen MR) is 78.7 cm³/mol. The number of nitrogens with two attached hydrogens (primary N) is 1. The lowest BCUT2D eigenvalue weighted by Gasteiger charge is -2.29. The van der Waals surface area contributed by atoms with Crippen molar-refractivity contribution in [1.29, 1.82) is 0 Å². The maximum Gasteiger partial charge on any atom is 0.409 e. The third-order valence-corrected chi connectivity index (χ3v) is 3.92. The molecule has 20 heavy (non-hydrogen) atoms. The molecule has 2 rings (SSSR count). The summed E-state index contributed by atoms with van der Waals surface area (Å²) in [5.41, 5.74) is 1.28. The lowest BCUT2D eigenvalue weighted by atomic mass is 10.0. The number of ether oxygens (including phenoxy) is 1. The first-order valence-corrected chi connectivity index (χ1v) is 7.56. The lowest BCUT2D eigenvalue weighted by molar-refractivity contribution is -0.706.